The van der Waals surface area contributed by atoms with Gasteiger partial charge in [0.15, 0.2) is 0 Å². The van der Waals surface area contributed by atoms with Crippen LogP contribution in [0.1, 0.15) is 50.4 Å². The van der Waals surface area contributed by atoms with Gasteiger partial charge in [0.05, 0.1) is 19.4 Å². The molecule has 1 fully saturated rings. The van der Waals surface area contributed by atoms with Crippen molar-refractivity contribution in [1.82, 2.24) is 10.2 Å². The number of carbonyl (C=O) groups is 2. The minimum atomic E-state index is -0.0679. The first kappa shape index (κ1) is 19.4. The lowest BCUT2D eigenvalue weighted by atomic mass is 10.1. The number of hydrogen-bond donors (Lipinski definition) is 1. The first-order chi connectivity index (χ1) is 15.2. The number of nitrogens with zero attached hydrogens (tertiary/aromatic N) is 1. The predicted molar refractivity (Wildman–Crippen MR) is 115 cm³/mol. The molecule has 3 aromatic rings. The summed E-state index contributed by atoms with van der Waals surface area (Å²) in [7, 11) is 0. The van der Waals surface area contributed by atoms with Crippen LogP contribution in [0.25, 0.3) is 0 Å². The second-order valence-electron chi connectivity index (χ2n) is 8.11. The van der Waals surface area contributed by atoms with E-state index in [9.17, 15) is 9.59 Å². The van der Waals surface area contributed by atoms with E-state index >= 15 is 0 Å². The minimum absolute atomic E-state index is 0.0436. The summed E-state index contributed by atoms with van der Waals surface area (Å²) < 4.78 is 11.0. The van der Waals surface area contributed by atoms with E-state index in [4.69, 9.17) is 9.15 Å². The molecule has 0 spiro atoms. The molecule has 6 heteroatoms. The summed E-state index contributed by atoms with van der Waals surface area (Å²) in [5.41, 5.74) is 3.29. The van der Waals surface area contributed by atoms with Crippen LogP contribution in [0.5, 0.6) is 5.75 Å². The van der Waals surface area contributed by atoms with Crippen molar-refractivity contribution >= 4 is 11.8 Å². The molecule has 5 rings (SSSR count). The van der Waals surface area contributed by atoms with E-state index in [1.54, 1.807) is 11.2 Å². The normalized spacial score (nSPS) is 14.6. The first-order valence-corrected chi connectivity index (χ1v) is 10.6. The molecule has 158 valence electrons. The van der Waals surface area contributed by atoms with Crippen molar-refractivity contribution in [2.24, 2.45) is 0 Å². The third-order valence-corrected chi connectivity index (χ3v) is 5.65. The zero-order chi connectivity index (χ0) is 21.2. The van der Waals surface area contributed by atoms with Crippen molar-refractivity contribution in [1.29, 1.82) is 0 Å². The van der Waals surface area contributed by atoms with Gasteiger partial charge in [-0.2, -0.15) is 0 Å². The molecule has 0 radical (unpaired) electrons. The number of hydrogen-bond acceptors (Lipinski definition) is 4. The Kier molecular flexibility index (Phi) is 5.20. The number of carbonyl (C=O) groups excluding carboxylic acids is 2. The molecule has 2 heterocycles. The summed E-state index contributed by atoms with van der Waals surface area (Å²) in [5.74, 6) is 1.46. The molecule has 0 atom stereocenters. The highest BCUT2D eigenvalue weighted by Gasteiger charge is 2.24. The molecule has 1 aliphatic heterocycles. The lowest BCUT2D eigenvalue weighted by Crippen LogP contribution is -2.30. The Balaban J connectivity index is 1.34. The smallest absolute Gasteiger partial charge is 0.254 e. The monoisotopic (exact) mass is 416 g/mol. The molecule has 1 N–H and O–H groups in total. The molecule has 31 heavy (non-hydrogen) atoms. The Bertz CT molecular complexity index is 1090. The Hall–Kier alpha value is -3.54. The summed E-state index contributed by atoms with van der Waals surface area (Å²) in [6.45, 7) is 1.44. The van der Waals surface area contributed by atoms with E-state index in [0.717, 1.165) is 41.9 Å². The molecule has 2 aliphatic rings. The molecular weight excluding hydrogens is 392 g/mol. The highest BCUT2D eigenvalue weighted by atomic mass is 16.5. The van der Waals surface area contributed by atoms with Gasteiger partial charge in [0.25, 0.3) is 11.8 Å². The van der Waals surface area contributed by atoms with Gasteiger partial charge in [-0.15, -0.1) is 0 Å². The van der Waals surface area contributed by atoms with Gasteiger partial charge in [0, 0.05) is 30.1 Å². The van der Waals surface area contributed by atoms with Crippen molar-refractivity contribution in [3.05, 3.63) is 88.9 Å². The van der Waals surface area contributed by atoms with Gasteiger partial charge in [-0.05, 0) is 66.4 Å². The molecule has 1 saturated carbocycles. The van der Waals surface area contributed by atoms with E-state index in [1.807, 2.05) is 54.6 Å². The third-order valence-electron chi connectivity index (χ3n) is 5.65. The second-order valence-corrected chi connectivity index (χ2v) is 8.11. The van der Waals surface area contributed by atoms with Gasteiger partial charge < -0.3 is 19.4 Å². The van der Waals surface area contributed by atoms with Gasteiger partial charge in [-0.1, -0.05) is 12.1 Å². The van der Waals surface area contributed by atoms with Crippen LogP contribution in [0, 0.1) is 0 Å². The number of nitrogens with one attached hydrogen (secondary N) is 1. The van der Waals surface area contributed by atoms with E-state index < -0.39 is 0 Å². The van der Waals surface area contributed by atoms with Crippen molar-refractivity contribution < 1.29 is 18.7 Å². The quantitative estimate of drug-likeness (QED) is 0.633. The van der Waals surface area contributed by atoms with Gasteiger partial charge in [0.1, 0.15) is 11.5 Å². The minimum Gasteiger partial charge on any atom is -0.493 e. The topological polar surface area (TPSA) is 71.8 Å². The van der Waals surface area contributed by atoms with Crippen LogP contribution in [0.15, 0.2) is 65.3 Å². The number of amides is 2. The van der Waals surface area contributed by atoms with Crippen molar-refractivity contribution in [3.8, 4) is 5.75 Å². The maximum atomic E-state index is 13.4. The van der Waals surface area contributed by atoms with E-state index in [2.05, 4.69) is 5.32 Å². The highest BCUT2D eigenvalue weighted by molar-refractivity contribution is 5.95. The fourth-order valence-electron chi connectivity index (χ4n) is 3.77. The SMILES string of the molecule is O=C(NC1CC1)c1ccc(CN(Cc2ccco2)C(=O)c2ccc3c(c2)CCO3)cc1. The van der Waals surface area contributed by atoms with Gasteiger partial charge in [-0.25, -0.2) is 0 Å². The summed E-state index contributed by atoms with van der Waals surface area (Å²) in [4.78, 5) is 27.3. The third kappa shape index (κ3) is 4.48. The standard InChI is InChI=1S/C25H24N2O4/c28-24(26-21-8-9-21)18-5-3-17(4-6-18)15-27(16-22-2-1-12-30-22)25(29)20-7-10-23-19(14-20)11-13-31-23/h1-7,10,12,14,21H,8-9,11,13,15-16H2,(H,26,28). The zero-order valence-electron chi connectivity index (χ0n) is 17.2. The number of fused-ring (bicyclic) bond motifs is 1. The second kappa shape index (κ2) is 8.30. The van der Waals surface area contributed by atoms with Gasteiger partial charge in [-0.3, -0.25) is 9.59 Å². The Morgan fingerprint density at radius 3 is 2.55 bits per heavy atom. The highest BCUT2D eigenvalue weighted by Crippen LogP contribution is 2.27. The van der Waals surface area contributed by atoms with Gasteiger partial charge in [0.2, 0.25) is 0 Å². The fraction of sp³-hybridized carbons (Fsp3) is 0.280. The molecule has 0 unspecified atom stereocenters. The van der Waals surface area contributed by atoms with E-state index in [0.29, 0.717) is 36.9 Å². The van der Waals surface area contributed by atoms with Crippen LogP contribution in [0.4, 0.5) is 0 Å². The maximum Gasteiger partial charge on any atom is 0.254 e. The molecule has 0 saturated heterocycles. The van der Waals surface area contributed by atoms with Crippen molar-refractivity contribution in [2.75, 3.05) is 6.61 Å². The lowest BCUT2D eigenvalue weighted by molar-refractivity contribution is 0.0717. The Labute approximate surface area is 180 Å². The average Bonchev–Trinajstić information content (AvgIpc) is 3.25. The number of furan rings is 1. The molecular formula is C25H24N2O4. The largest absolute Gasteiger partial charge is 0.493 e. The fourth-order valence-corrected chi connectivity index (χ4v) is 3.77. The number of rotatable bonds is 7. The predicted octanol–water partition coefficient (Wildman–Crippen LogP) is 3.95. The molecule has 6 nitrogen and oxygen atoms in total. The summed E-state index contributed by atoms with van der Waals surface area (Å²) in [6, 6.07) is 17.0. The van der Waals surface area contributed by atoms with Crippen LogP contribution in [-0.2, 0) is 19.5 Å². The molecule has 0 bridgehead atoms. The number of ether oxygens (including phenoxy) is 1. The zero-order valence-corrected chi connectivity index (χ0v) is 17.2. The van der Waals surface area contributed by atoms with Crippen LogP contribution in [0.3, 0.4) is 0 Å². The van der Waals surface area contributed by atoms with Crippen LogP contribution < -0.4 is 10.1 Å². The van der Waals surface area contributed by atoms with Crippen LogP contribution in [0.2, 0.25) is 0 Å². The Morgan fingerprint density at radius 2 is 1.81 bits per heavy atom. The Morgan fingerprint density at radius 1 is 1.00 bits per heavy atom. The summed E-state index contributed by atoms with van der Waals surface area (Å²) in [6.07, 6.45) is 4.54. The first-order valence-electron chi connectivity index (χ1n) is 10.6. The number of benzene rings is 2. The summed E-state index contributed by atoms with van der Waals surface area (Å²) in [5, 5.41) is 2.99. The molecule has 2 amide bonds. The van der Waals surface area contributed by atoms with Crippen molar-refractivity contribution in [3.63, 3.8) is 0 Å². The molecule has 1 aliphatic carbocycles. The maximum absolute atomic E-state index is 13.4. The van der Waals surface area contributed by atoms with E-state index in [-0.39, 0.29) is 11.8 Å². The van der Waals surface area contributed by atoms with E-state index in [1.165, 1.54) is 0 Å². The summed E-state index contributed by atoms with van der Waals surface area (Å²) >= 11 is 0. The average molecular weight is 416 g/mol. The van der Waals surface area contributed by atoms with Gasteiger partial charge >= 0.3 is 0 Å². The van der Waals surface area contributed by atoms with Crippen molar-refractivity contribution in [2.45, 2.75) is 38.4 Å². The van der Waals surface area contributed by atoms with Crippen LogP contribution >= 0.6 is 0 Å². The van der Waals surface area contributed by atoms with Crippen LogP contribution in [-0.4, -0.2) is 29.4 Å². The molecule has 1 aromatic heterocycles. The lowest BCUT2D eigenvalue weighted by Gasteiger charge is -2.22. The molecule has 2 aromatic carbocycles.